The molecule has 0 aromatic rings. The van der Waals surface area contributed by atoms with E-state index in [4.69, 9.17) is 0 Å². The molecule has 0 unspecified atom stereocenters. The molecule has 0 bridgehead atoms. The monoisotopic (exact) mass is 263 g/mol. The number of likely N-dealkylation sites (tertiary alicyclic amines) is 1. The van der Waals surface area contributed by atoms with Crippen LogP contribution < -0.4 is 10.6 Å². The quantitative estimate of drug-likeness (QED) is 0.765. The van der Waals surface area contributed by atoms with Crippen LogP contribution in [0.1, 0.15) is 26.7 Å². The molecule has 0 aromatic carbocycles. The van der Waals surface area contributed by atoms with Crippen molar-refractivity contribution in [1.29, 1.82) is 0 Å². The Labute approximate surface area is 107 Å². The maximum absolute atomic E-state index is 11.9. The highest BCUT2D eigenvalue weighted by Crippen LogP contribution is 2.17. The Morgan fingerprint density at radius 1 is 1.39 bits per heavy atom. The zero-order valence-electron chi connectivity index (χ0n) is 11.1. The van der Waals surface area contributed by atoms with Gasteiger partial charge in [-0.3, -0.25) is 4.90 Å². The zero-order chi connectivity index (χ0) is 13.5. The average Bonchev–Trinajstić information content (AvgIpc) is 2.70. The van der Waals surface area contributed by atoms with Gasteiger partial charge in [-0.2, -0.15) is 0 Å². The van der Waals surface area contributed by atoms with Crippen LogP contribution in [0, 0.1) is 5.92 Å². The van der Waals surface area contributed by atoms with Crippen LogP contribution in [0.5, 0.6) is 0 Å². The minimum Gasteiger partial charge on any atom is -0.337 e. The van der Waals surface area contributed by atoms with E-state index in [0.717, 1.165) is 25.9 Å². The molecule has 1 aliphatic rings. The first-order valence-corrected chi connectivity index (χ1v) is 6.53. The highest BCUT2D eigenvalue weighted by molar-refractivity contribution is 5.73. The van der Waals surface area contributed by atoms with Crippen molar-refractivity contribution in [2.45, 2.75) is 39.2 Å². The number of halogens is 2. The number of hydrogen-bond acceptors (Lipinski definition) is 2. The fourth-order valence-corrected chi connectivity index (χ4v) is 2.28. The van der Waals surface area contributed by atoms with Crippen molar-refractivity contribution in [3.63, 3.8) is 0 Å². The highest BCUT2D eigenvalue weighted by atomic mass is 19.3. The average molecular weight is 263 g/mol. The van der Waals surface area contributed by atoms with Gasteiger partial charge in [-0.05, 0) is 25.3 Å². The molecule has 1 fully saturated rings. The molecule has 0 aliphatic carbocycles. The Kier molecular flexibility index (Phi) is 6.32. The van der Waals surface area contributed by atoms with Gasteiger partial charge in [-0.25, -0.2) is 13.6 Å². The van der Waals surface area contributed by atoms with Crippen LogP contribution in [0.3, 0.4) is 0 Å². The van der Waals surface area contributed by atoms with E-state index in [1.165, 1.54) is 0 Å². The number of hydrogen-bond donors (Lipinski definition) is 2. The molecule has 0 radical (unpaired) electrons. The third kappa shape index (κ3) is 5.62. The summed E-state index contributed by atoms with van der Waals surface area (Å²) in [5, 5.41) is 4.80. The van der Waals surface area contributed by atoms with Gasteiger partial charge in [-0.1, -0.05) is 13.8 Å². The van der Waals surface area contributed by atoms with Crippen LogP contribution in [-0.4, -0.2) is 49.6 Å². The van der Waals surface area contributed by atoms with E-state index in [9.17, 15) is 13.6 Å². The predicted octanol–water partition coefficient (Wildman–Crippen LogP) is 1.67. The van der Waals surface area contributed by atoms with E-state index >= 15 is 0 Å². The lowest BCUT2D eigenvalue weighted by Gasteiger charge is -2.26. The van der Waals surface area contributed by atoms with Gasteiger partial charge in [0.25, 0.3) is 6.43 Å². The van der Waals surface area contributed by atoms with E-state index < -0.39 is 19.0 Å². The first-order chi connectivity index (χ1) is 8.49. The third-order valence-electron chi connectivity index (χ3n) is 3.01. The third-order valence-corrected chi connectivity index (χ3v) is 3.01. The van der Waals surface area contributed by atoms with Crippen LogP contribution in [0.25, 0.3) is 0 Å². The summed E-state index contributed by atoms with van der Waals surface area (Å²) in [6.45, 7) is 6.35. The van der Waals surface area contributed by atoms with E-state index in [1.807, 2.05) is 0 Å². The first-order valence-electron chi connectivity index (χ1n) is 6.53. The Bertz CT molecular complexity index is 262. The predicted molar refractivity (Wildman–Crippen MR) is 66.8 cm³/mol. The van der Waals surface area contributed by atoms with Gasteiger partial charge < -0.3 is 10.6 Å². The van der Waals surface area contributed by atoms with Gasteiger partial charge in [0.1, 0.15) is 0 Å². The second kappa shape index (κ2) is 7.51. The van der Waals surface area contributed by atoms with Gasteiger partial charge in [0.15, 0.2) is 0 Å². The van der Waals surface area contributed by atoms with Crippen molar-refractivity contribution in [2.75, 3.05) is 26.2 Å². The smallest absolute Gasteiger partial charge is 0.315 e. The van der Waals surface area contributed by atoms with Gasteiger partial charge >= 0.3 is 6.03 Å². The molecule has 6 heteroatoms. The Morgan fingerprint density at radius 2 is 2.11 bits per heavy atom. The highest BCUT2D eigenvalue weighted by Gasteiger charge is 2.25. The zero-order valence-corrected chi connectivity index (χ0v) is 11.1. The second-order valence-corrected chi connectivity index (χ2v) is 5.17. The molecule has 4 nitrogen and oxygen atoms in total. The molecular weight excluding hydrogens is 240 g/mol. The summed E-state index contributed by atoms with van der Waals surface area (Å²) < 4.78 is 23.8. The molecule has 1 atom stereocenters. The summed E-state index contributed by atoms with van der Waals surface area (Å²) >= 11 is 0. The van der Waals surface area contributed by atoms with E-state index in [-0.39, 0.29) is 0 Å². The summed E-state index contributed by atoms with van der Waals surface area (Å²) in [5.74, 6) is 0.596. The number of alkyl halides is 2. The van der Waals surface area contributed by atoms with Crippen LogP contribution in [0.15, 0.2) is 0 Å². The van der Waals surface area contributed by atoms with E-state index in [2.05, 4.69) is 29.4 Å². The first kappa shape index (κ1) is 15.1. The minimum absolute atomic E-state index is 0.338. The van der Waals surface area contributed by atoms with Crippen LogP contribution in [0.2, 0.25) is 0 Å². The number of amides is 2. The number of urea groups is 1. The lowest BCUT2D eigenvalue weighted by molar-refractivity contribution is 0.146. The lowest BCUT2D eigenvalue weighted by atomic mass is 10.1. The van der Waals surface area contributed by atoms with E-state index in [1.54, 1.807) is 0 Å². The summed E-state index contributed by atoms with van der Waals surface area (Å²) in [5.41, 5.74) is 0. The fraction of sp³-hybridized carbons (Fsp3) is 0.917. The Morgan fingerprint density at radius 3 is 2.72 bits per heavy atom. The minimum atomic E-state index is -2.50. The van der Waals surface area contributed by atoms with Crippen molar-refractivity contribution in [1.82, 2.24) is 15.5 Å². The fourth-order valence-electron chi connectivity index (χ4n) is 2.28. The van der Waals surface area contributed by atoms with Crippen LogP contribution >= 0.6 is 0 Å². The normalized spacial score (nSPS) is 20.7. The van der Waals surface area contributed by atoms with Crippen molar-refractivity contribution < 1.29 is 13.6 Å². The van der Waals surface area contributed by atoms with Gasteiger partial charge in [0, 0.05) is 19.1 Å². The molecule has 1 heterocycles. The molecule has 1 rings (SSSR count). The van der Waals surface area contributed by atoms with Crippen LogP contribution in [-0.2, 0) is 0 Å². The molecule has 2 N–H and O–H groups in total. The molecule has 0 spiro atoms. The summed E-state index contributed by atoms with van der Waals surface area (Å²) in [7, 11) is 0. The largest absolute Gasteiger partial charge is 0.337 e. The molecule has 0 aromatic heterocycles. The second-order valence-electron chi connectivity index (χ2n) is 5.17. The molecule has 106 valence electrons. The number of nitrogens with one attached hydrogen (secondary N) is 2. The van der Waals surface area contributed by atoms with Crippen LogP contribution in [0.4, 0.5) is 13.6 Å². The molecule has 0 saturated carbocycles. The molecule has 1 aliphatic heterocycles. The van der Waals surface area contributed by atoms with Crippen molar-refractivity contribution in [3.8, 4) is 0 Å². The van der Waals surface area contributed by atoms with Gasteiger partial charge in [0.05, 0.1) is 6.54 Å². The summed E-state index contributed by atoms with van der Waals surface area (Å²) in [4.78, 5) is 13.6. The molecular formula is C12H23F2N3O. The standard InChI is InChI=1S/C12H23F2N3O/c1-9(2)8-17-5-3-4-10(17)6-15-12(18)16-7-11(13)14/h9-11H,3-8H2,1-2H3,(H2,15,16,18)/t10-/m0/s1. The topological polar surface area (TPSA) is 44.4 Å². The molecule has 18 heavy (non-hydrogen) atoms. The summed E-state index contributed by atoms with van der Waals surface area (Å²) in [6, 6.07) is -0.170. The van der Waals surface area contributed by atoms with Gasteiger partial charge in [-0.15, -0.1) is 0 Å². The Balaban J connectivity index is 2.23. The number of carbonyl (C=O) groups is 1. The van der Waals surface area contributed by atoms with Crippen molar-refractivity contribution in [3.05, 3.63) is 0 Å². The maximum Gasteiger partial charge on any atom is 0.315 e. The molecule has 1 saturated heterocycles. The van der Waals surface area contributed by atoms with Crippen molar-refractivity contribution in [2.24, 2.45) is 5.92 Å². The maximum atomic E-state index is 11.9. The number of nitrogens with zero attached hydrogens (tertiary/aromatic N) is 1. The SMILES string of the molecule is CC(C)CN1CCC[C@H]1CNC(=O)NCC(F)F. The summed E-state index contributed by atoms with van der Waals surface area (Å²) in [6.07, 6.45) is -0.306. The Hall–Kier alpha value is -0.910. The number of carbonyl (C=O) groups excluding carboxylic acids is 1. The molecule has 2 amide bonds. The van der Waals surface area contributed by atoms with E-state index in [0.29, 0.717) is 18.5 Å². The van der Waals surface area contributed by atoms with Gasteiger partial charge in [0.2, 0.25) is 0 Å². The van der Waals surface area contributed by atoms with Crippen molar-refractivity contribution >= 4 is 6.03 Å². The lowest BCUT2D eigenvalue weighted by Crippen LogP contribution is -2.45. The number of rotatable bonds is 6.